The number of hydrogen-bond acceptors (Lipinski definition) is 23. The second kappa shape index (κ2) is 43.4. The van der Waals surface area contributed by atoms with E-state index >= 15 is 0 Å². The van der Waals surface area contributed by atoms with Gasteiger partial charge in [-0.05, 0) is 44.9 Å². The number of allylic oxidation sites excluding steroid dienone is 3. The van der Waals surface area contributed by atoms with E-state index in [1.165, 1.54) is 89.9 Å². The van der Waals surface area contributed by atoms with Crippen molar-refractivity contribution in [2.24, 2.45) is 0 Å². The zero-order valence-electron chi connectivity index (χ0n) is 51.8. The van der Waals surface area contributed by atoms with E-state index in [1.54, 1.807) is 6.08 Å². The van der Waals surface area contributed by atoms with Crippen molar-refractivity contribution >= 4 is 11.8 Å². The van der Waals surface area contributed by atoms with Gasteiger partial charge in [-0.15, -0.1) is 0 Å². The van der Waals surface area contributed by atoms with Crippen LogP contribution in [0.1, 0.15) is 188 Å². The Labute approximate surface area is 514 Å². The summed E-state index contributed by atoms with van der Waals surface area (Å²) in [5.74, 6) is -1.07. The summed E-state index contributed by atoms with van der Waals surface area (Å²) in [4.78, 5) is 26.0. The van der Waals surface area contributed by atoms with Crippen LogP contribution in [0.25, 0.3) is 0 Å². The Balaban J connectivity index is 1.36. The standard InChI is InChI=1S/C62H112N2O23/c1-4-6-8-10-12-14-16-18-19-21-23-25-27-29-31-33-46(71)64-40(41(70)32-30-28-26-24-22-20-17-15-13-11-9-7-5-2)38-80-60-54(78)51(75)57(44(36-67)83-60)86-62-55(79)52(76)56(45(37-68)84-62)85-59-47(63-39(3)69)58(49(73)43(35-66)81-59)87-61-53(77)50(74)48(72)42(34-65)82-61/h18-19,30,32,40-45,47-62,65-68,70,72-79H,4-17,20-29,31,33-38H2,1-3H3,(H,63,69)(H,64,71)/b19-18-,32-30+/t40-,41+,42+,43+,44+,45+,47+,48-,49-,50-,51+,52+,53+,54+,55+,56-,57+,58+,59-,60+,61-,62-/m0/s1. The fourth-order valence-corrected chi connectivity index (χ4v) is 11.4. The molecule has 25 nitrogen and oxygen atoms in total. The largest absolute Gasteiger partial charge is 0.394 e. The number of amides is 2. The minimum Gasteiger partial charge on any atom is -0.394 e. The highest BCUT2D eigenvalue weighted by atomic mass is 16.8. The smallest absolute Gasteiger partial charge is 0.220 e. The lowest BCUT2D eigenvalue weighted by molar-refractivity contribution is -0.380. The summed E-state index contributed by atoms with van der Waals surface area (Å²) < 4.78 is 46.7. The third kappa shape index (κ3) is 25.9. The molecule has 508 valence electrons. The van der Waals surface area contributed by atoms with Gasteiger partial charge in [0, 0.05) is 13.3 Å². The van der Waals surface area contributed by atoms with Crippen molar-refractivity contribution in [3.05, 3.63) is 24.3 Å². The molecular weight excluding hydrogens is 1140 g/mol. The fourth-order valence-electron chi connectivity index (χ4n) is 11.4. The van der Waals surface area contributed by atoms with E-state index in [0.29, 0.717) is 12.8 Å². The highest BCUT2D eigenvalue weighted by Gasteiger charge is 2.56. The normalized spacial score (nSPS) is 33.9. The molecule has 2 amide bonds. The molecule has 4 saturated heterocycles. The molecule has 0 bridgehead atoms. The third-order valence-corrected chi connectivity index (χ3v) is 16.8. The van der Waals surface area contributed by atoms with Crippen LogP contribution in [0.2, 0.25) is 0 Å². The monoisotopic (exact) mass is 1250 g/mol. The molecule has 0 radical (unpaired) electrons. The van der Waals surface area contributed by atoms with Crippen molar-refractivity contribution in [1.82, 2.24) is 10.6 Å². The predicted octanol–water partition coefficient (Wildman–Crippen LogP) is 1.56. The molecule has 0 unspecified atom stereocenters. The number of carbonyl (C=O) groups is 2. The van der Waals surface area contributed by atoms with Crippen molar-refractivity contribution in [3.63, 3.8) is 0 Å². The van der Waals surface area contributed by atoms with Gasteiger partial charge in [-0.3, -0.25) is 9.59 Å². The van der Waals surface area contributed by atoms with E-state index in [9.17, 15) is 76.0 Å². The minimum absolute atomic E-state index is 0.203. The third-order valence-electron chi connectivity index (χ3n) is 16.8. The van der Waals surface area contributed by atoms with Crippen molar-refractivity contribution in [3.8, 4) is 0 Å². The number of aliphatic hydroxyl groups is 13. The van der Waals surface area contributed by atoms with Gasteiger partial charge in [0.15, 0.2) is 25.2 Å². The Hall–Kier alpha value is -2.42. The summed E-state index contributed by atoms with van der Waals surface area (Å²) in [5.41, 5.74) is 0. The molecule has 0 aliphatic carbocycles. The van der Waals surface area contributed by atoms with Gasteiger partial charge in [-0.25, -0.2) is 0 Å². The number of unbranched alkanes of at least 4 members (excludes halogenated alkanes) is 22. The molecule has 15 N–H and O–H groups in total. The van der Waals surface area contributed by atoms with Gasteiger partial charge in [-0.1, -0.05) is 154 Å². The Bertz CT molecular complexity index is 1870. The van der Waals surface area contributed by atoms with E-state index in [4.69, 9.17) is 37.9 Å². The van der Waals surface area contributed by atoms with Crippen LogP contribution >= 0.6 is 0 Å². The first kappa shape index (κ1) is 77.0. The molecule has 4 fully saturated rings. The Morgan fingerprint density at radius 3 is 1.33 bits per heavy atom. The van der Waals surface area contributed by atoms with Gasteiger partial charge >= 0.3 is 0 Å². The molecule has 0 aromatic heterocycles. The molecule has 0 aromatic carbocycles. The zero-order valence-corrected chi connectivity index (χ0v) is 51.8. The second-order valence-electron chi connectivity index (χ2n) is 23.9. The quantitative estimate of drug-likeness (QED) is 0.0304. The number of carbonyl (C=O) groups excluding carboxylic acids is 2. The summed E-state index contributed by atoms with van der Waals surface area (Å²) in [6, 6.07) is -2.63. The first-order valence-electron chi connectivity index (χ1n) is 32.6. The first-order chi connectivity index (χ1) is 42.0. The summed E-state index contributed by atoms with van der Waals surface area (Å²) in [5, 5.41) is 146. The molecule has 4 rings (SSSR count). The van der Waals surface area contributed by atoms with Crippen LogP contribution < -0.4 is 10.6 Å². The maximum absolute atomic E-state index is 13.4. The number of rotatable bonds is 44. The zero-order chi connectivity index (χ0) is 63.7. The Kier molecular flexibility index (Phi) is 38.4. The van der Waals surface area contributed by atoms with Crippen LogP contribution in [-0.2, 0) is 47.5 Å². The van der Waals surface area contributed by atoms with E-state index in [2.05, 4.69) is 36.6 Å². The van der Waals surface area contributed by atoms with Crippen LogP contribution in [0.15, 0.2) is 24.3 Å². The molecule has 0 aromatic rings. The lowest BCUT2D eigenvalue weighted by atomic mass is 9.94. The summed E-state index contributed by atoms with van der Waals surface area (Å²) in [6.07, 6.45) is 1.18. The van der Waals surface area contributed by atoms with Gasteiger partial charge < -0.3 is 115 Å². The van der Waals surface area contributed by atoms with Crippen LogP contribution in [0.3, 0.4) is 0 Å². The maximum Gasteiger partial charge on any atom is 0.220 e. The van der Waals surface area contributed by atoms with E-state index in [1.807, 2.05) is 6.08 Å². The predicted molar refractivity (Wildman–Crippen MR) is 317 cm³/mol. The molecule has 0 saturated carbocycles. The highest BCUT2D eigenvalue weighted by molar-refractivity contribution is 5.76. The van der Waals surface area contributed by atoms with Crippen molar-refractivity contribution < 1.29 is 114 Å². The van der Waals surface area contributed by atoms with E-state index < -0.39 is 174 Å². The number of ether oxygens (including phenoxy) is 8. The molecule has 22 atom stereocenters. The van der Waals surface area contributed by atoms with E-state index in [0.717, 1.165) is 64.7 Å². The van der Waals surface area contributed by atoms with Crippen LogP contribution in [0.5, 0.6) is 0 Å². The van der Waals surface area contributed by atoms with Crippen LogP contribution in [0.4, 0.5) is 0 Å². The van der Waals surface area contributed by atoms with Crippen molar-refractivity contribution in [2.75, 3.05) is 33.0 Å². The summed E-state index contributed by atoms with van der Waals surface area (Å²) in [6.45, 7) is 1.57. The molecule has 4 aliphatic heterocycles. The van der Waals surface area contributed by atoms with Crippen molar-refractivity contribution in [2.45, 2.75) is 323 Å². The molecular formula is C62H112N2O23. The van der Waals surface area contributed by atoms with Gasteiger partial charge in [-0.2, -0.15) is 0 Å². The van der Waals surface area contributed by atoms with Crippen molar-refractivity contribution in [1.29, 1.82) is 0 Å². The Morgan fingerprint density at radius 1 is 0.448 bits per heavy atom. The van der Waals surface area contributed by atoms with Crippen LogP contribution in [-0.4, -0.2) is 246 Å². The molecule has 87 heavy (non-hydrogen) atoms. The summed E-state index contributed by atoms with van der Waals surface area (Å²) >= 11 is 0. The van der Waals surface area contributed by atoms with Gasteiger partial charge in [0.2, 0.25) is 11.8 Å². The lowest BCUT2D eigenvalue weighted by Crippen LogP contribution is -2.70. The van der Waals surface area contributed by atoms with Gasteiger partial charge in [0.1, 0.15) is 97.6 Å². The molecule has 4 aliphatic rings. The Morgan fingerprint density at radius 2 is 0.839 bits per heavy atom. The molecule has 4 heterocycles. The lowest BCUT2D eigenvalue weighted by Gasteiger charge is -2.50. The number of hydrogen-bond donors (Lipinski definition) is 15. The average Bonchev–Trinajstić information content (AvgIpc) is 0.901. The highest BCUT2D eigenvalue weighted by Crippen LogP contribution is 2.35. The average molecular weight is 1250 g/mol. The number of nitrogens with one attached hydrogen (secondary N) is 2. The maximum atomic E-state index is 13.4. The molecule has 0 spiro atoms. The van der Waals surface area contributed by atoms with Gasteiger partial charge in [0.05, 0.1) is 45.2 Å². The second-order valence-corrected chi connectivity index (χ2v) is 23.9. The first-order valence-corrected chi connectivity index (χ1v) is 32.6. The number of aliphatic hydroxyl groups excluding tert-OH is 13. The minimum atomic E-state index is -2.10. The topological polar surface area (TPSA) is 395 Å². The SMILES string of the molecule is CCCCCCCC/C=C\CCCCCCCC(=O)N[C@@H](CO[C@@H]1O[C@H](CO)[C@@H](O[C@@H]2O[C@H](CO)[C@H](O[C@@H]3O[C@H](CO)[C@H](O)[C@H](O[C@@H]4O[C@H](CO)[C@H](O)[C@H](O)[C@H]4O)[C@H]3NC(C)=O)[C@H](O)[C@H]2O)[C@H](O)[C@H]1O)[C@H](O)/C=C/CCCCCCCCCCCCC. The molecule has 25 heteroatoms. The summed E-state index contributed by atoms with van der Waals surface area (Å²) in [7, 11) is 0. The van der Waals surface area contributed by atoms with Gasteiger partial charge in [0.25, 0.3) is 0 Å². The van der Waals surface area contributed by atoms with Crippen LogP contribution in [0, 0.1) is 0 Å². The fraction of sp³-hybridized carbons (Fsp3) is 0.903. The van der Waals surface area contributed by atoms with E-state index in [-0.39, 0.29) is 12.3 Å².